The highest BCUT2D eigenvalue weighted by Gasteiger charge is 2.21. The van der Waals surface area contributed by atoms with E-state index in [2.05, 4.69) is 11.9 Å². The van der Waals surface area contributed by atoms with Gasteiger partial charge in [0.2, 0.25) is 0 Å². The van der Waals surface area contributed by atoms with Gasteiger partial charge in [-0.1, -0.05) is 39.0 Å². The molecule has 2 N–H and O–H groups in total. The third kappa shape index (κ3) is 5.86. The SMILES string of the molecule is CCCCCCCCOCc1cn([C@@H]2CC=C(CO)O2)c(=O)[nH]c1=O. The summed E-state index contributed by atoms with van der Waals surface area (Å²) >= 11 is 0. The van der Waals surface area contributed by atoms with Crippen LogP contribution in [0.15, 0.2) is 27.6 Å². The lowest BCUT2D eigenvalue weighted by Gasteiger charge is -2.16. The van der Waals surface area contributed by atoms with Gasteiger partial charge in [0.1, 0.15) is 12.4 Å². The Bertz CT molecular complexity index is 677. The topological polar surface area (TPSA) is 93.6 Å². The Balaban J connectivity index is 1.84. The molecule has 1 aliphatic rings. The second-order valence-electron chi connectivity index (χ2n) is 6.28. The zero-order valence-corrected chi connectivity index (χ0v) is 14.8. The van der Waals surface area contributed by atoms with Crippen LogP contribution in [0.3, 0.4) is 0 Å². The third-order valence-corrected chi connectivity index (χ3v) is 4.24. The van der Waals surface area contributed by atoms with E-state index in [4.69, 9.17) is 14.6 Å². The molecule has 1 aromatic rings. The first-order chi connectivity index (χ1) is 12.2. The Hall–Kier alpha value is -1.86. The van der Waals surface area contributed by atoms with E-state index in [9.17, 15) is 9.59 Å². The molecule has 7 heteroatoms. The van der Waals surface area contributed by atoms with Crippen molar-refractivity contribution >= 4 is 0 Å². The minimum atomic E-state index is -0.538. The average molecular weight is 352 g/mol. The van der Waals surface area contributed by atoms with Crippen LogP contribution in [-0.4, -0.2) is 27.9 Å². The van der Waals surface area contributed by atoms with E-state index < -0.39 is 17.5 Å². The molecule has 0 fully saturated rings. The summed E-state index contributed by atoms with van der Waals surface area (Å²) in [7, 11) is 0. The number of ether oxygens (including phenoxy) is 2. The van der Waals surface area contributed by atoms with Crippen molar-refractivity contribution in [3.63, 3.8) is 0 Å². The number of aliphatic hydroxyl groups is 1. The number of aromatic nitrogens is 2. The second kappa shape index (κ2) is 10.2. The molecule has 1 aromatic heterocycles. The minimum absolute atomic E-state index is 0.164. The zero-order chi connectivity index (χ0) is 18.1. The number of aromatic amines is 1. The predicted octanol–water partition coefficient (Wildman–Crippen LogP) is 2.21. The lowest BCUT2D eigenvalue weighted by Crippen LogP contribution is -2.34. The fourth-order valence-corrected chi connectivity index (χ4v) is 2.79. The summed E-state index contributed by atoms with van der Waals surface area (Å²) in [5.41, 5.74) is -0.563. The zero-order valence-electron chi connectivity index (χ0n) is 14.8. The van der Waals surface area contributed by atoms with E-state index in [1.54, 1.807) is 6.08 Å². The molecule has 0 unspecified atom stereocenters. The number of nitrogens with zero attached hydrogens (tertiary/aromatic N) is 1. The number of aliphatic hydroxyl groups excluding tert-OH is 1. The third-order valence-electron chi connectivity index (χ3n) is 4.24. The lowest BCUT2D eigenvalue weighted by molar-refractivity contribution is 0.0578. The Kier molecular flexibility index (Phi) is 7.94. The molecule has 0 saturated heterocycles. The van der Waals surface area contributed by atoms with Crippen LogP contribution in [0.5, 0.6) is 0 Å². The van der Waals surface area contributed by atoms with Crippen LogP contribution in [0.1, 0.15) is 63.7 Å². The van der Waals surface area contributed by atoms with Crippen molar-refractivity contribution < 1.29 is 14.6 Å². The molecule has 0 radical (unpaired) electrons. The molecule has 0 spiro atoms. The quantitative estimate of drug-likeness (QED) is 0.596. The summed E-state index contributed by atoms with van der Waals surface area (Å²) in [4.78, 5) is 26.2. The van der Waals surface area contributed by atoms with E-state index in [0.717, 1.165) is 12.8 Å². The minimum Gasteiger partial charge on any atom is -0.472 e. The van der Waals surface area contributed by atoms with Gasteiger partial charge >= 0.3 is 5.69 Å². The van der Waals surface area contributed by atoms with Crippen LogP contribution >= 0.6 is 0 Å². The van der Waals surface area contributed by atoms with E-state index in [1.807, 2.05) is 0 Å². The van der Waals surface area contributed by atoms with Crippen molar-refractivity contribution in [2.24, 2.45) is 0 Å². The molecule has 0 aromatic carbocycles. The molecule has 2 heterocycles. The van der Waals surface area contributed by atoms with E-state index in [-0.39, 0.29) is 13.2 Å². The highest BCUT2D eigenvalue weighted by molar-refractivity contribution is 5.06. The van der Waals surface area contributed by atoms with Crippen molar-refractivity contribution in [1.29, 1.82) is 0 Å². The smallest absolute Gasteiger partial charge is 0.331 e. The fourth-order valence-electron chi connectivity index (χ4n) is 2.79. The standard InChI is InChI=1S/C18H28N2O5/c1-2-3-4-5-6-7-10-24-13-14-11-20(18(23)19-17(14)22)16-9-8-15(12-21)25-16/h8,11,16,21H,2-7,9-10,12-13H2,1H3,(H,19,22,23)/t16-/m0/s1. The van der Waals surface area contributed by atoms with Gasteiger partial charge < -0.3 is 14.6 Å². The van der Waals surface area contributed by atoms with Gasteiger partial charge in [0.25, 0.3) is 5.56 Å². The normalized spacial score (nSPS) is 16.7. The van der Waals surface area contributed by atoms with Crippen LogP contribution in [0.25, 0.3) is 0 Å². The van der Waals surface area contributed by atoms with Crippen molar-refractivity contribution in [3.05, 3.63) is 44.4 Å². The van der Waals surface area contributed by atoms with Crippen molar-refractivity contribution in [1.82, 2.24) is 9.55 Å². The van der Waals surface area contributed by atoms with Gasteiger partial charge in [-0.3, -0.25) is 14.3 Å². The van der Waals surface area contributed by atoms with Gasteiger partial charge in [-0.25, -0.2) is 4.79 Å². The molecular formula is C18H28N2O5. The molecule has 140 valence electrons. The Morgan fingerprint density at radius 1 is 1.28 bits per heavy atom. The summed E-state index contributed by atoms with van der Waals surface area (Å²) in [5.74, 6) is 0.434. The van der Waals surface area contributed by atoms with Crippen LogP contribution in [0.4, 0.5) is 0 Å². The Morgan fingerprint density at radius 2 is 2.04 bits per heavy atom. The highest BCUT2D eigenvalue weighted by Crippen LogP contribution is 2.24. The summed E-state index contributed by atoms with van der Waals surface area (Å²) in [5, 5.41) is 9.07. The van der Waals surface area contributed by atoms with E-state index in [0.29, 0.717) is 24.4 Å². The second-order valence-corrected chi connectivity index (χ2v) is 6.28. The van der Waals surface area contributed by atoms with Gasteiger partial charge in [0.05, 0.1) is 12.2 Å². The summed E-state index contributed by atoms with van der Waals surface area (Å²) in [6.07, 6.45) is 10.2. The average Bonchev–Trinajstić information content (AvgIpc) is 3.07. The van der Waals surface area contributed by atoms with Gasteiger partial charge in [0, 0.05) is 19.2 Å². The summed E-state index contributed by atoms with van der Waals surface area (Å²) in [6, 6.07) is 0. The molecule has 7 nitrogen and oxygen atoms in total. The van der Waals surface area contributed by atoms with E-state index in [1.165, 1.54) is 36.4 Å². The van der Waals surface area contributed by atoms with Crippen molar-refractivity contribution in [2.45, 2.75) is 64.7 Å². The molecule has 1 atom stereocenters. The maximum absolute atomic E-state index is 12.0. The van der Waals surface area contributed by atoms with Crippen LogP contribution in [-0.2, 0) is 16.1 Å². The maximum atomic E-state index is 12.0. The molecular weight excluding hydrogens is 324 g/mol. The largest absolute Gasteiger partial charge is 0.472 e. The molecule has 2 rings (SSSR count). The first kappa shape index (κ1) is 19.5. The van der Waals surface area contributed by atoms with Gasteiger partial charge in [-0.2, -0.15) is 0 Å². The lowest BCUT2D eigenvalue weighted by atomic mass is 10.1. The highest BCUT2D eigenvalue weighted by atomic mass is 16.5. The fraction of sp³-hybridized carbons (Fsp3) is 0.667. The summed E-state index contributed by atoms with van der Waals surface area (Å²) < 4.78 is 12.4. The first-order valence-electron chi connectivity index (χ1n) is 9.04. The number of hydrogen-bond donors (Lipinski definition) is 2. The van der Waals surface area contributed by atoms with Crippen LogP contribution < -0.4 is 11.2 Å². The molecule has 0 amide bonds. The van der Waals surface area contributed by atoms with E-state index >= 15 is 0 Å². The molecule has 0 saturated carbocycles. The van der Waals surface area contributed by atoms with Gasteiger partial charge in [0.15, 0.2) is 6.23 Å². The number of nitrogens with one attached hydrogen (secondary N) is 1. The molecule has 0 bridgehead atoms. The molecule has 0 aliphatic carbocycles. The number of hydrogen-bond acceptors (Lipinski definition) is 5. The molecule has 1 aliphatic heterocycles. The van der Waals surface area contributed by atoms with Crippen LogP contribution in [0.2, 0.25) is 0 Å². The Labute approximate surface area is 147 Å². The monoisotopic (exact) mass is 352 g/mol. The number of rotatable bonds is 11. The van der Waals surface area contributed by atoms with Crippen molar-refractivity contribution in [2.75, 3.05) is 13.2 Å². The predicted molar refractivity (Wildman–Crippen MR) is 94.3 cm³/mol. The number of H-pyrrole nitrogens is 1. The maximum Gasteiger partial charge on any atom is 0.331 e. The van der Waals surface area contributed by atoms with Crippen LogP contribution in [0, 0.1) is 0 Å². The van der Waals surface area contributed by atoms with Crippen molar-refractivity contribution in [3.8, 4) is 0 Å². The number of unbranched alkanes of at least 4 members (excludes halogenated alkanes) is 5. The molecule has 25 heavy (non-hydrogen) atoms. The van der Waals surface area contributed by atoms with Gasteiger partial charge in [-0.05, 0) is 12.5 Å². The Morgan fingerprint density at radius 3 is 2.76 bits per heavy atom. The first-order valence-corrected chi connectivity index (χ1v) is 9.04. The summed E-state index contributed by atoms with van der Waals surface area (Å²) in [6.45, 7) is 2.75. The van der Waals surface area contributed by atoms with Gasteiger partial charge in [-0.15, -0.1) is 0 Å².